The largest absolute Gasteiger partial charge is 0.383 e. The third-order valence-electron chi connectivity index (χ3n) is 1.72. The highest BCUT2D eigenvalue weighted by molar-refractivity contribution is 5.84. The van der Waals surface area contributed by atoms with Gasteiger partial charge in [0.25, 0.3) is 6.43 Å². The molecule has 0 radical (unpaired) electrons. The molecule has 13 heavy (non-hydrogen) atoms. The number of alkyl halides is 2. The molecule has 0 aliphatic rings. The van der Waals surface area contributed by atoms with Gasteiger partial charge < -0.3 is 5.73 Å². The first kappa shape index (κ1) is 9.57. The lowest BCUT2D eigenvalue weighted by Crippen LogP contribution is -2.04. The number of anilines is 1. The Balaban J connectivity index is 3.43. The van der Waals surface area contributed by atoms with Crippen molar-refractivity contribution in [1.82, 2.24) is 4.98 Å². The molecule has 0 bridgehead atoms. The van der Waals surface area contributed by atoms with Gasteiger partial charge in [-0.05, 0) is 12.5 Å². The second kappa shape index (κ2) is 3.47. The van der Waals surface area contributed by atoms with E-state index < -0.39 is 6.43 Å². The quantitative estimate of drug-likeness (QED) is 0.715. The summed E-state index contributed by atoms with van der Waals surface area (Å²) in [4.78, 5) is 14.1. The molecule has 0 aromatic carbocycles. The van der Waals surface area contributed by atoms with E-state index >= 15 is 0 Å². The Labute approximate surface area is 73.6 Å². The monoisotopic (exact) mass is 186 g/mol. The number of carbonyl (C=O) groups excluding carboxylic acids is 1. The Morgan fingerprint density at radius 1 is 1.62 bits per heavy atom. The molecule has 0 unspecified atom stereocenters. The van der Waals surface area contributed by atoms with Crippen LogP contribution in [0.1, 0.15) is 27.9 Å². The molecule has 0 aliphatic heterocycles. The molecule has 0 aliphatic carbocycles. The Morgan fingerprint density at radius 2 is 2.23 bits per heavy atom. The number of aromatic nitrogens is 1. The third-order valence-corrected chi connectivity index (χ3v) is 1.72. The Bertz CT molecular complexity index is 339. The van der Waals surface area contributed by atoms with Crippen LogP contribution in [0, 0.1) is 6.92 Å². The molecule has 1 aromatic heterocycles. The summed E-state index contributed by atoms with van der Waals surface area (Å²) in [5, 5.41) is 0. The highest BCUT2D eigenvalue weighted by Crippen LogP contribution is 2.27. The smallest absolute Gasteiger partial charge is 0.264 e. The molecule has 70 valence electrons. The van der Waals surface area contributed by atoms with E-state index in [0.29, 0.717) is 6.29 Å². The molecule has 0 spiro atoms. The van der Waals surface area contributed by atoms with Crippen LogP contribution in [0.15, 0.2) is 6.20 Å². The van der Waals surface area contributed by atoms with Crippen LogP contribution in [0.3, 0.4) is 0 Å². The predicted octanol–water partition coefficient (Wildman–Crippen LogP) is 1.72. The van der Waals surface area contributed by atoms with Crippen LogP contribution in [0.25, 0.3) is 0 Å². The minimum atomic E-state index is -2.70. The van der Waals surface area contributed by atoms with Crippen LogP contribution in [0.4, 0.5) is 14.6 Å². The number of carbonyl (C=O) groups is 1. The molecule has 2 N–H and O–H groups in total. The summed E-state index contributed by atoms with van der Waals surface area (Å²) in [6, 6.07) is 0. The highest BCUT2D eigenvalue weighted by Gasteiger charge is 2.18. The molecule has 0 amide bonds. The maximum absolute atomic E-state index is 12.4. The summed E-state index contributed by atoms with van der Waals surface area (Å²) < 4.78 is 24.8. The van der Waals surface area contributed by atoms with Crippen molar-refractivity contribution < 1.29 is 13.6 Å². The average Bonchev–Trinajstić information content (AvgIpc) is 2.07. The summed E-state index contributed by atoms with van der Waals surface area (Å²) in [5.41, 5.74) is 4.99. The molecule has 0 atom stereocenters. The summed E-state index contributed by atoms with van der Waals surface area (Å²) in [6.45, 7) is 1.46. The summed E-state index contributed by atoms with van der Waals surface area (Å²) in [7, 11) is 0. The normalized spacial score (nSPS) is 10.5. The summed E-state index contributed by atoms with van der Waals surface area (Å²) in [5.74, 6) is -0.157. The molecule has 1 aromatic rings. The number of nitrogens with zero attached hydrogens (tertiary/aromatic N) is 1. The van der Waals surface area contributed by atoms with Crippen LogP contribution in [0.2, 0.25) is 0 Å². The van der Waals surface area contributed by atoms with E-state index in [1.165, 1.54) is 13.1 Å². The number of hydrogen-bond acceptors (Lipinski definition) is 3. The van der Waals surface area contributed by atoms with E-state index in [9.17, 15) is 13.6 Å². The fourth-order valence-electron chi connectivity index (χ4n) is 1.07. The number of nitrogen functional groups attached to an aromatic ring is 1. The number of halogens is 2. The van der Waals surface area contributed by atoms with Crippen LogP contribution in [-0.4, -0.2) is 11.3 Å². The first-order chi connectivity index (χ1) is 6.07. The van der Waals surface area contributed by atoms with Gasteiger partial charge in [0.2, 0.25) is 0 Å². The van der Waals surface area contributed by atoms with Crippen molar-refractivity contribution in [1.29, 1.82) is 0 Å². The second-order valence-corrected chi connectivity index (χ2v) is 2.57. The fraction of sp³-hybridized carbons (Fsp3) is 0.250. The van der Waals surface area contributed by atoms with Crippen LogP contribution >= 0.6 is 0 Å². The van der Waals surface area contributed by atoms with Crippen molar-refractivity contribution in [3.8, 4) is 0 Å². The van der Waals surface area contributed by atoms with Gasteiger partial charge in [-0.1, -0.05) is 0 Å². The predicted molar refractivity (Wildman–Crippen MR) is 43.7 cm³/mol. The van der Waals surface area contributed by atoms with E-state index in [4.69, 9.17) is 5.73 Å². The van der Waals surface area contributed by atoms with Gasteiger partial charge in [-0.15, -0.1) is 0 Å². The Hall–Kier alpha value is -1.52. The van der Waals surface area contributed by atoms with Crippen molar-refractivity contribution in [2.75, 3.05) is 5.73 Å². The lowest BCUT2D eigenvalue weighted by molar-refractivity contribution is 0.110. The van der Waals surface area contributed by atoms with Gasteiger partial charge in [0.15, 0.2) is 6.29 Å². The maximum Gasteiger partial charge on any atom is 0.264 e. The van der Waals surface area contributed by atoms with E-state index in [1.807, 2.05) is 0 Å². The van der Waals surface area contributed by atoms with Gasteiger partial charge in [-0.2, -0.15) is 0 Å². The summed E-state index contributed by atoms with van der Waals surface area (Å²) >= 11 is 0. The van der Waals surface area contributed by atoms with Gasteiger partial charge in [0.1, 0.15) is 5.82 Å². The molecule has 0 saturated carbocycles. The fourth-order valence-corrected chi connectivity index (χ4v) is 1.07. The molecular formula is C8H8F2N2O. The average molecular weight is 186 g/mol. The first-order valence-corrected chi connectivity index (χ1v) is 3.56. The topological polar surface area (TPSA) is 56.0 Å². The second-order valence-electron chi connectivity index (χ2n) is 2.57. The van der Waals surface area contributed by atoms with Crippen molar-refractivity contribution in [3.63, 3.8) is 0 Å². The third kappa shape index (κ3) is 1.63. The molecule has 0 saturated heterocycles. The lowest BCUT2D eigenvalue weighted by atomic mass is 10.1. The minimum absolute atomic E-state index is 0.157. The van der Waals surface area contributed by atoms with Crippen molar-refractivity contribution in [3.05, 3.63) is 22.9 Å². The zero-order chi connectivity index (χ0) is 10.0. The first-order valence-electron chi connectivity index (χ1n) is 3.56. The number of aldehydes is 1. The Kier molecular flexibility index (Phi) is 2.55. The van der Waals surface area contributed by atoms with Crippen molar-refractivity contribution in [2.24, 2.45) is 0 Å². The number of nitrogens with two attached hydrogens (primary N) is 1. The number of rotatable bonds is 2. The van der Waals surface area contributed by atoms with E-state index in [2.05, 4.69) is 4.98 Å². The molecule has 1 heterocycles. The number of aryl methyl sites for hydroxylation is 1. The van der Waals surface area contributed by atoms with E-state index in [1.54, 1.807) is 0 Å². The van der Waals surface area contributed by atoms with E-state index in [-0.39, 0.29) is 22.5 Å². The van der Waals surface area contributed by atoms with E-state index in [0.717, 1.165) is 0 Å². The van der Waals surface area contributed by atoms with Crippen LogP contribution in [-0.2, 0) is 0 Å². The van der Waals surface area contributed by atoms with Gasteiger partial charge in [-0.3, -0.25) is 4.79 Å². The zero-order valence-electron chi connectivity index (χ0n) is 6.92. The van der Waals surface area contributed by atoms with Gasteiger partial charge in [0.05, 0.1) is 5.56 Å². The van der Waals surface area contributed by atoms with Crippen LogP contribution in [0.5, 0.6) is 0 Å². The minimum Gasteiger partial charge on any atom is -0.383 e. The van der Waals surface area contributed by atoms with Gasteiger partial charge in [0, 0.05) is 11.8 Å². The van der Waals surface area contributed by atoms with Gasteiger partial charge >= 0.3 is 0 Å². The highest BCUT2D eigenvalue weighted by atomic mass is 19.3. The molecular weight excluding hydrogens is 178 g/mol. The molecule has 3 nitrogen and oxygen atoms in total. The zero-order valence-corrected chi connectivity index (χ0v) is 6.92. The number of pyridine rings is 1. The summed E-state index contributed by atoms with van der Waals surface area (Å²) in [6.07, 6.45) is -1.17. The molecule has 1 rings (SSSR count). The SMILES string of the molecule is Cc1cnc(N)c(C=O)c1C(F)F. The maximum atomic E-state index is 12.4. The standard InChI is InChI=1S/C8H8F2N2O/c1-4-2-12-8(11)5(3-13)6(4)7(9)10/h2-3,7H,1H3,(H2,11,12). The lowest BCUT2D eigenvalue weighted by Gasteiger charge is -2.08. The van der Waals surface area contributed by atoms with Crippen LogP contribution < -0.4 is 5.73 Å². The van der Waals surface area contributed by atoms with Crippen molar-refractivity contribution in [2.45, 2.75) is 13.3 Å². The number of hydrogen-bond donors (Lipinski definition) is 1. The molecule has 0 fully saturated rings. The molecule has 5 heteroatoms. The Morgan fingerprint density at radius 3 is 2.62 bits per heavy atom. The van der Waals surface area contributed by atoms with Crippen molar-refractivity contribution >= 4 is 12.1 Å². The van der Waals surface area contributed by atoms with Gasteiger partial charge in [-0.25, -0.2) is 13.8 Å².